The van der Waals surface area contributed by atoms with Gasteiger partial charge >= 0.3 is 0 Å². The largest absolute Gasteiger partial charge is 0.264 e. The van der Waals surface area contributed by atoms with Crippen LogP contribution in [0.25, 0.3) is 68.5 Å². The third kappa shape index (κ3) is 6.65. The molecule has 9 rings (SSSR count). The number of hydrogen-bond donors (Lipinski definition) is 0. The topological polar surface area (TPSA) is 103 Å². The summed E-state index contributed by atoms with van der Waals surface area (Å²) in [6.07, 6.45) is 11.1. The molecule has 8 heteroatoms. The molecule has 0 N–H and O–H groups in total. The van der Waals surface area contributed by atoms with Crippen LogP contribution in [0.2, 0.25) is 0 Å². The quantitative estimate of drug-likeness (QED) is 0.154. The molecule has 54 heavy (non-hydrogen) atoms. The van der Waals surface area contributed by atoms with E-state index in [1.54, 1.807) is 18.6 Å². The molecule has 0 spiro atoms. The summed E-state index contributed by atoms with van der Waals surface area (Å²) in [4.78, 5) is 38.2. The molecule has 4 heterocycles. The highest BCUT2D eigenvalue weighted by Gasteiger charge is 2.36. The first kappa shape index (κ1) is 33.1. The second-order valence-electron chi connectivity index (χ2n) is 13.6. The first-order valence-corrected chi connectivity index (χ1v) is 18.4. The number of rotatable bonds is 8. The first-order valence-electron chi connectivity index (χ1n) is 18.4. The molecule has 8 aromatic rings. The standard InChI is InChI=1S/C46H36N8/c1-4-13-32(14-5-1)40-49-42(52-44(51-40)36-17-12-29-47-31-36)34-19-23-37(24-20-34)46(27-9-3-10-28-46)38-25-21-35(22-26-38)43-50-41(33-15-6-2-7-16-33)53-45(54-43)39-18-8-11-30-48-39/h1-2,4-8,11-26,29-31H,3,9-10,27-28H2. The van der Waals surface area contributed by atoms with Crippen LogP contribution in [0.1, 0.15) is 43.2 Å². The SMILES string of the molecule is c1ccc(-c2nc(-c3ccc(C4(c5ccc(-c6nc(-c7ccccc7)nc(-c7ccccn7)n6)cc5)CCCCC4)cc3)nc(-c3cccnc3)n2)cc1. The monoisotopic (exact) mass is 700 g/mol. The Bertz CT molecular complexity index is 2200. The van der Waals surface area contributed by atoms with E-state index in [-0.39, 0.29) is 5.41 Å². The fourth-order valence-electron chi connectivity index (χ4n) is 7.45. The summed E-state index contributed by atoms with van der Waals surface area (Å²) in [7, 11) is 0. The second-order valence-corrected chi connectivity index (χ2v) is 13.6. The highest BCUT2D eigenvalue weighted by molar-refractivity contribution is 5.68. The lowest BCUT2D eigenvalue weighted by atomic mass is 9.65. The lowest BCUT2D eigenvalue weighted by Crippen LogP contribution is -2.30. The summed E-state index contributed by atoms with van der Waals surface area (Å²) in [5.41, 5.74) is 7.79. The summed E-state index contributed by atoms with van der Waals surface area (Å²) in [6, 6.07) is 47.4. The Balaban J connectivity index is 1.07. The molecular formula is C46H36N8. The van der Waals surface area contributed by atoms with Crippen LogP contribution >= 0.6 is 0 Å². The fourth-order valence-corrected chi connectivity index (χ4v) is 7.45. The predicted molar refractivity (Wildman–Crippen MR) is 212 cm³/mol. The molecule has 0 atom stereocenters. The summed E-state index contributed by atoms with van der Waals surface area (Å²) < 4.78 is 0. The van der Waals surface area contributed by atoms with E-state index in [2.05, 4.69) is 58.5 Å². The molecule has 1 fully saturated rings. The van der Waals surface area contributed by atoms with Crippen LogP contribution in [-0.4, -0.2) is 39.9 Å². The Hall–Kier alpha value is -6.80. The second kappa shape index (κ2) is 14.7. The third-order valence-corrected chi connectivity index (χ3v) is 10.2. The first-order chi connectivity index (χ1) is 26.7. The Morgan fingerprint density at radius 1 is 0.352 bits per heavy atom. The molecule has 1 aliphatic rings. The Kier molecular flexibility index (Phi) is 8.99. The maximum atomic E-state index is 4.94. The van der Waals surface area contributed by atoms with Crippen molar-refractivity contribution < 1.29 is 0 Å². The maximum absolute atomic E-state index is 4.94. The van der Waals surface area contributed by atoms with Crippen LogP contribution in [0.15, 0.2) is 158 Å². The summed E-state index contributed by atoms with van der Waals surface area (Å²) >= 11 is 0. The van der Waals surface area contributed by atoms with Crippen molar-refractivity contribution in [3.8, 4) is 68.5 Å². The van der Waals surface area contributed by atoms with Gasteiger partial charge in [0.15, 0.2) is 34.9 Å². The Labute approximate surface area is 314 Å². The normalized spacial score (nSPS) is 13.7. The van der Waals surface area contributed by atoms with Gasteiger partial charge in [-0.2, -0.15) is 0 Å². The molecule has 0 amide bonds. The minimum absolute atomic E-state index is 0.113. The van der Waals surface area contributed by atoms with Crippen molar-refractivity contribution in [2.75, 3.05) is 0 Å². The van der Waals surface area contributed by atoms with Gasteiger partial charge in [0.05, 0.1) is 0 Å². The molecular weight excluding hydrogens is 665 g/mol. The van der Waals surface area contributed by atoms with Crippen molar-refractivity contribution in [1.82, 2.24) is 39.9 Å². The number of pyridine rings is 2. The summed E-state index contributed by atoms with van der Waals surface area (Å²) in [5.74, 6) is 3.66. The van der Waals surface area contributed by atoms with Crippen LogP contribution in [0.5, 0.6) is 0 Å². The van der Waals surface area contributed by atoms with Crippen molar-refractivity contribution in [1.29, 1.82) is 0 Å². The van der Waals surface area contributed by atoms with E-state index >= 15 is 0 Å². The fraction of sp³-hybridized carbons (Fsp3) is 0.130. The minimum atomic E-state index is -0.113. The zero-order valence-corrected chi connectivity index (χ0v) is 29.6. The lowest BCUT2D eigenvalue weighted by Gasteiger charge is -2.39. The van der Waals surface area contributed by atoms with E-state index in [0.29, 0.717) is 40.6 Å². The Morgan fingerprint density at radius 2 is 0.796 bits per heavy atom. The van der Waals surface area contributed by atoms with Crippen LogP contribution in [0.4, 0.5) is 0 Å². The molecule has 1 saturated carbocycles. The van der Waals surface area contributed by atoms with E-state index in [1.165, 1.54) is 30.4 Å². The molecule has 4 aromatic carbocycles. The van der Waals surface area contributed by atoms with Gasteiger partial charge in [-0.05, 0) is 48.2 Å². The smallest absolute Gasteiger partial charge is 0.182 e. The molecule has 0 radical (unpaired) electrons. The zero-order valence-electron chi connectivity index (χ0n) is 29.6. The van der Waals surface area contributed by atoms with Crippen LogP contribution in [-0.2, 0) is 5.41 Å². The van der Waals surface area contributed by atoms with Crippen molar-refractivity contribution >= 4 is 0 Å². The van der Waals surface area contributed by atoms with Crippen LogP contribution < -0.4 is 0 Å². The lowest BCUT2D eigenvalue weighted by molar-refractivity contribution is 0.346. The van der Waals surface area contributed by atoms with E-state index in [4.69, 9.17) is 29.9 Å². The molecule has 260 valence electrons. The van der Waals surface area contributed by atoms with Gasteiger partial charge in [0.1, 0.15) is 5.69 Å². The van der Waals surface area contributed by atoms with E-state index in [1.807, 2.05) is 91.0 Å². The molecule has 0 aliphatic heterocycles. The maximum Gasteiger partial charge on any atom is 0.182 e. The predicted octanol–water partition coefficient (Wildman–Crippen LogP) is 10.1. The molecule has 8 nitrogen and oxygen atoms in total. The van der Waals surface area contributed by atoms with Gasteiger partial charge in [0.2, 0.25) is 0 Å². The Morgan fingerprint density at radius 3 is 1.26 bits per heavy atom. The van der Waals surface area contributed by atoms with Gasteiger partial charge in [-0.1, -0.05) is 135 Å². The van der Waals surface area contributed by atoms with Crippen molar-refractivity contribution in [3.05, 3.63) is 169 Å². The van der Waals surface area contributed by atoms with Gasteiger partial charge in [0, 0.05) is 51.8 Å². The van der Waals surface area contributed by atoms with Crippen LogP contribution in [0.3, 0.4) is 0 Å². The van der Waals surface area contributed by atoms with E-state index in [9.17, 15) is 0 Å². The molecule has 4 aromatic heterocycles. The zero-order chi connectivity index (χ0) is 36.2. The number of hydrogen-bond acceptors (Lipinski definition) is 8. The minimum Gasteiger partial charge on any atom is -0.264 e. The summed E-state index contributed by atoms with van der Waals surface area (Å²) in [6.45, 7) is 0. The molecule has 0 saturated heterocycles. The van der Waals surface area contributed by atoms with Crippen molar-refractivity contribution in [2.45, 2.75) is 37.5 Å². The average Bonchev–Trinajstić information content (AvgIpc) is 3.27. The summed E-state index contributed by atoms with van der Waals surface area (Å²) in [5, 5.41) is 0. The van der Waals surface area contributed by atoms with E-state index in [0.717, 1.165) is 40.7 Å². The molecule has 0 bridgehead atoms. The van der Waals surface area contributed by atoms with Crippen molar-refractivity contribution in [3.63, 3.8) is 0 Å². The van der Waals surface area contributed by atoms with Gasteiger partial charge in [-0.3, -0.25) is 9.97 Å². The molecule has 1 aliphatic carbocycles. The number of nitrogens with zero attached hydrogens (tertiary/aromatic N) is 8. The highest BCUT2D eigenvalue weighted by atomic mass is 15.1. The molecule has 0 unspecified atom stereocenters. The van der Waals surface area contributed by atoms with Gasteiger partial charge in [-0.15, -0.1) is 0 Å². The van der Waals surface area contributed by atoms with Gasteiger partial charge in [0.25, 0.3) is 0 Å². The van der Waals surface area contributed by atoms with Crippen molar-refractivity contribution in [2.24, 2.45) is 0 Å². The van der Waals surface area contributed by atoms with Gasteiger partial charge in [-0.25, -0.2) is 29.9 Å². The average molecular weight is 701 g/mol. The van der Waals surface area contributed by atoms with Gasteiger partial charge < -0.3 is 0 Å². The highest BCUT2D eigenvalue weighted by Crippen LogP contribution is 2.45. The van der Waals surface area contributed by atoms with Crippen LogP contribution in [0, 0.1) is 0 Å². The third-order valence-electron chi connectivity index (χ3n) is 10.2. The van der Waals surface area contributed by atoms with E-state index < -0.39 is 0 Å². The number of aromatic nitrogens is 8. The number of benzene rings is 4.